The van der Waals surface area contributed by atoms with Crippen LogP contribution in [-0.2, 0) is 11.3 Å². The predicted octanol–water partition coefficient (Wildman–Crippen LogP) is 0.584. The molecular formula is C10H17N3O2. The smallest absolute Gasteiger partial charge is 0.220 e. The molecule has 5 nitrogen and oxygen atoms in total. The van der Waals surface area contributed by atoms with Gasteiger partial charge in [-0.1, -0.05) is 6.92 Å². The highest BCUT2D eigenvalue weighted by Gasteiger charge is 2.08. The average molecular weight is 211 g/mol. The molecule has 0 saturated heterocycles. The number of aryl methyl sites for hydroxylation is 1. The largest absolute Gasteiger partial charge is 0.444 e. The fourth-order valence-electron chi connectivity index (χ4n) is 1.13. The lowest BCUT2D eigenvalue weighted by Crippen LogP contribution is -2.26. The Labute approximate surface area is 89.1 Å². The summed E-state index contributed by atoms with van der Waals surface area (Å²) in [5.74, 6) is 1.45. The van der Waals surface area contributed by atoms with Crippen molar-refractivity contribution in [3.63, 3.8) is 0 Å². The maximum Gasteiger partial charge on any atom is 0.220 e. The van der Waals surface area contributed by atoms with Gasteiger partial charge in [-0.2, -0.15) is 0 Å². The Hall–Kier alpha value is -1.36. The van der Waals surface area contributed by atoms with E-state index in [1.807, 2.05) is 13.8 Å². The number of rotatable bonds is 5. The van der Waals surface area contributed by atoms with Crippen LogP contribution in [0.15, 0.2) is 10.6 Å². The summed E-state index contributed by atoms with van der Waals surface area (Å²) in [6, 6.07) is 0. The molecule has 1 unspecified atom stereocenters. The van der Waals surface area contributed by atoms with Gasteiger partial charge >= 0.3 is 0 Å². The number of amides is 1. The minimum atomic E-state index is -0.0243. The lowest BCUT2D eigenvalue weighted by molar-refractivity contribution is -0.122. The van der Waals surface area contributed by atoms with Gasteiger partial charge in [0.1, 0.15) is 5.76 Å². The van der Waals surface area contributed by atoms with Crippen LogP contribution in [0, 0.1) is 12.8 Å². The molecule has 3 N–H and O–H groups in total. The Morgan fingerprint density at radius 2 is 2.47 bits per heavy atom. The van der Waals surface area contributed by atoms with Gasteiger partial charge in [0.2, 0.25) is 11.8 Å². The van der Waals surface area contributed by atoms with Gasteiger partial charge < -0.3 is 15.5 Å². The lowest BCUT2D eigenvalue weighted by atomic mass is 10.1. The maximum atomic E-state index is 11.4. The van der Waals surface area contributed by atoms with Crippen molar-refractivity contribution in [2.45, 2.75) is 26.8 Å². The first kappa shape index (κ1) is 11.7. The highest BCUT2D eigenvalue weighted by molar-refractivity contribution is 5.75. The van der Waals surface area contributed by atoms with E-state index in [1.54, 1.807) is 6.20 Å². The van der Waals surface area contributed by atoms with Gasteiger partial charge in [0.05, 0.1) is 12.7 Å². The van der Waals surface area contributed by atoms with Gasteiger partial charge in [0.15, 0.2) is 0 Å². The Bertz CT molecular complexity index is 322. The van der Waals surface area contributed by atoms with Gasteiger partial charge in [-0.05, 0) is 19.4 Å². The van der Waals surface area contributed by atoms with Crippen LogP contribution >= 0.6 is 0 Å². The number of nitrogens with zero attached hydrogens (tertiary/aromatic N) is 1. The number of hydrogen-bond donors (Lipinski definition) is 2. The summed E-state index contributed by atoms with van der Waals surface area (Å²) in [5.41, 5.74) is 5.42. The second-order valence-corrected chi connectivity index (χ2v) is 3.69. The van der Waals surface area contributed by atoms with Crippen molar-refractivity contribution in [2.75, 3.05) is 6.54 Å². The molecule has 1 rings (SSSR count). The number of hydrogen-bond acceptors (Lipinski definition) is 4. The number of carbonyl (C=O) groups is 1. The number of nitrogens with two attached hydrogens (primary N) is 1. The molecule has 0 aliphatic carbocycles. The van der Waals surface area contributed by atoms with Crippen molar-refractivity contribution in [1.29, 1.82) is 0 Å². The van der Waals surface area contributed by atoms with Crippen molar-refractivity contribution >= 4 is 5.91 Å². The van der Waals surface area contributed by atoms with Crippen LogP contribution in [0.4, 0.5) is 0 Å². The van der Waals surface area contributed by atoms with Crippen LogP contribution in [0.2, 0.25) is 0 Å². The SMILES string of the molecule is Cc1cnc(CNC(=O)CC(C)CN)o1. The molecule has 15 heavy (non-hydrogen) atoms. The van der Waals surface area contributed by atoms with Gasteiger partial charge in [0.25, 0.3) is 0 Å². The highest BCUT2D eigenvalue weighted by atomic mass is 16.4. The van der Waals surface area contributed by atoms with Crippen molar-refractivity contribution in [1.82, 2.24) is 10.3 Å². The minimum Gasteiger partial charge on any atom is -0.444 e. The molecule has 1 aromatic rings. The topological polar surface area (TPSA) is 81.2 Å². The molecule has 5 heteroatoms. The number of carbonyl (C=O) groups excluding carboxylic acids is 1. The summed E-state index contributed by atoms with van der Waals surface area (Å²) in [7, 11) is 0. The van der Waals surface area contributed by atoms with Crippen LogP contribution in [0.25, 0.3) is 0 Å². The molecule has 0 aliphatic rings. The average Bonchev–Trinajstić information content (AvgIpc) is 2.61. The first-order valence-corrected chi connectivity index (χ1v) is 5.00. The van der Waals surface area contributed by atoms with E-state index in [0.717, 1.165) is 5.76 Å². The quantitative estimate of drug-likeness (QED) is 0.746. The van der Waals surface area contributed by atoms with Crippen molar-refractivity contribution in [3.05, 3.63) is 17.8 Å². The van der Waals surface area contributed by atoms with E-state index in [-0.39, 0.29) is 11.8 Å². The van der Waals surface area contributed by atoms with E-state index < -0.39 is 0 Å². The molecule has 1 heterocycles. The van der Waals surface area contributed by atoms with E-state index in [4.69, 9.17) is 10.2 Å². The van der Waals surface area contributed by atoms with E-state index in [0.29, 0.717) is 25.4 Å². The predicted molar refractivity (Wildman–Crippen MR) is 55.9 cm³/mol. The van der Waals surface area contributed by atoms with Crippen LogP contribution < -0.4 is 11.1 Å². The van der Waals surface area contributed by atoms with Crippen LogP contribution in [-0.4, -0.2) is 17.4 Å². The third kappa shape index (κ3) is 4.12. The van der Waals surface area contributed by atoms with Gasteiger partial charge in [-0.25, -0.2) is 4.98 Å². The molecule has 0 radical (unpaired) electrons. The zero-order valence-corrected chi connectivity index (χ0v) is 9.12. The normalized spacial score (nSPS) is 12.5. The van der Waals surface area contributed by atoms with Gasteiger partial charge in [0, 0.05) is 6.42 Å². The second-order valence-electron chi connectivity index (χ2n) is 3.69. The first-order valence-electron chi connectivity index (χ1n) is 5.00. The van der Waals surface area contributed by atoms with E-state index in [1.165, 1.54) is 0 Å². The maximum absolute atomic E-state index is 11.4. The highest BCUT2D eigenvalue weighted by Crippen LogP contribution is 2.02. The summed E-state index contributed by atoms with van der Waals surface area (Å²) in [4.78, 5) is 15.3. The van der Waals surface area contributed by atoms with Crippen LogP contribution in [0.5, 0.6) is 0 Å². The molecule has 0 fully saturated rings. The fraction of sp³-hybridized carbons (Fsp3) is 0.600. The molecule has 0 spiro atoms. The fourth-order valence-corrected chi connectivity index (χ4v) is 1.13. The van der Waals surface area contributed by atoms with Crippen LogP contribution in [0.3, 0.4) is 0 Å². The number of oxazole rings is 1. The summed E-state index contributed by atoms with van der Waals surface area (Å²) >= 11 is 0. The molecular weight excluding hydrogens is 194 g/mol. The van der Waals surface area contributed by atoms with E-state index in [9.17, 15) is 4.79 Å². The van der Waals surface area contributed by atoms with E-state index in [2.05, 4.69) is 10.3 Å². The Morgan fingerprint density at radius 1 is 1.73 bits per heavy atom. The van der Waals surface area contributed by atoms with Gasteiger partial charge in [-0.15, -0.1) is 0 Å². The van der Waals surface area contributed by atoms with Crippen molar-refractivity contribution in [3.8, 4) is 0 Å². The third-order valence-corrected chi connectivity index (χ3v) is 2.04. The molecule has 0 aliphatic heterocycles. The molecule has 1 atom stereocenters. The Morgan fingerprint density at radius 3 is 3.00 bits per heavy atom. The molecule has 1 aromatic heterocycles. The summed E-state index contributed by atoms with van der Waals surface area (Å²) in [6.45, 7) is 4.61. The third-order valence-electron chi connectivity index (χ3n) is 2.04. The van der Waals surface area contributed by atoms with Crippen LogP contribution in [0.1, 0.15) is 25.0 Å². The minimum absolute atomic E-state index is 0.0243. The standard InChI is InChI=1S/C10H17N3O2/c1-7(4-11)3-9(14)12-6-10-13-5-8(2)15-10/h5,7H,3-4,6,11H2,1-2H3,(H,12,14). The van der Waals surface area contributed by atoms with E-state index >= 15 is 0 Å². The Kier molecular flexibility index (Phi) is 4.30. The monoisotopic (exact) mass is 211 g/mol. The van der Waals surface area contributed by atoms with Gasteiger partial charge in [-0.3, -0.25) is 4.79 Å². The number of nitrogens with one attached hydrogen (secondary N) is 1. The zero-order valence-electron chi connectivity index (χ0n) is 9.12. The summed E-state index contributed by atoms with van der Waals surface area (Å²) < 4.78 is 5.21. The van der Waals surface area contributed by atoms with Crippen molar-refractivity contribution < 1.29 is 9.21 Å². The zero-order chi connectivity index (χ0) is 11.3. The summed E-state index contributed by atoms with van der Waals surface area (Å²) in [6.07, 6.45) is 2.07. The molecule has 0 saturated carbocycles. The summed E-state index contributed by atoms with van der Waals surface area (Å²) in [5, 5.41) is 2.73. The second kappa shape index (κ2) is 5.50. The molecule has 84 valence electrons. The number of aromatic nitrogens is 1. The Balaban J connectivity index is 2.28. The molecule has 0 aromatic carbocycles. The molecule has 0 bridgehead atoms. The lowest BCUT2D eigenvalue weighted by Gasteiger charge is -2.07. The molecule has 1 amide bonds. The first-order chi connectivity index (χ1) is 7.11. The van der Waals surface area contributed by atoms with Crippen molar-refractivity contribution in [2.24, 2.45) is 11.7 Å².